The van der Waals surface area contributed by atoms with Crippen molar-refractivity contribution < 1.29 is 0 Å². The van der Waals surface area contributed by atoms with Crippen LogP contribution in [0.4, 0.5) is 0 Å². The second-order valence-corrected chi connectivity index (χ2v) is 2.84. The van der Waals surface area contributed by atoms with Crippen LogP contribution in [0.25, 0.3) is 12.2 Å². The molecule has 78 valence electrons. The predicted octanol–water partition coefficient (Wildman–Crippen LogP) is 2.51. The van der Waals surface area contributed by atoms with Gasteiger partial charge in [0.05, 0.1) is 0 Å². The highest BCUT2D eigenvalue weighted by atomic mass is 14.7. The van der Waals surface area contributed by atoms with Crippen LogP contribution in [0.1, 0.15) is 32.9 Å². The lowest BCUT2D eigenvalue weighted by atomic mass is 10.3. The number of allylic oxidation sites excluding steroid dienone is 1. The number of H-pyrrole nitrogens is 1. The molecule has 1 N–H and O–H groups in total. The minimum Gasteiger partial charge on any atom is -0.359 e. The minimum atomic E-state index is 1.05. The number of aryl methyl sites for hydroxylation is 1. The molecule has 0 amide bonds. The van der Waals surface area contributed by atoms with Crippen LogP contribution in [0, 0.1) is 6.92 Å². The third kappa shape index (κ3) is 3.65. The summed E-state index contributed by atoms with van der Waals surface area (Å²) in [5, 5.41) is 2.43. The Morgan fingerprint density at radius 3 is 2.57 bits per heavy atom. The van der Waals surface area contributed by atoms with Crippen molar-refractivity contribution >= 4 is 12.2 Å². The molecular formula is C13H21N. The molecular weight excluding hydrogens is 170 g/mol. The van der Waals surface area contributed by atoms with Crippen LogP contribution in [0.3, 0.4) is 0 Å². The topological polar surface area (TPSA) is 15.8 Å². The monoisotopic (exact) mass is 191 g/mol. The lowest BCUT2D eigenvalue weighted by Gasteiger charge is -1.79. The van der Waals surface area contributed by atoms with E-state index in [1.807, 2.05) is 26.0 Å². The molecule has 0 fully saturated rings. The van der Waals surface area contributed by atoms with Crippen LogP contribution in [0.5, 0.6) is 0 Å². The zero-order chi connectivity index (χ0) is 11.0. The zero-order valence-electron chi connectivity index (χ0n) is 9.72. The summed E-state index contributed by atoms with van der Waals surface area (Å²) in [5.41, 5.74) is 1.20. The Bertz CT molecular complexity index is 368. The zero-order valence-corrected chi connectivity index (χ0v) is 9.72. The summed E-state index contributed by atoms with van der Waals surface area (Å²) in [6.07, 6.45) is 7.07. The minimum absolute atomic E-state index is 1.05. The van der Waals surface area contributed by atoms with Gasteiger partial charge in [0.2, 0.25) is 0 Å². The van der Waals surface area contributed by atoms with Crippen molar-refractivity contribution in [1.29, 1.82) is 0 Å². The van der Waals surface area contributed by atoms with E-state index in [1.54, 1.807) is 0 Å². The molecule has 0 unspecified atom stereocenters. The van der Waals surface area contributed by atoms with E-state index in [2.05, 4.69) is 37.6 Å². The summed E-state index contributed by atoms with van der Waals surface area (Å²) in [6.45, 7) is 11.9. The van der Waals surface area contributed by atoms with Crippen molar-refractivity contribution in [3.63, 3.8) is 0 Å². The van der Waals surface area contributed by atoms with E-state index in [0.717, 1.165) is 6.42 Å². The van der Waals surface area contributed by atoms with Crippen molar-refractivity contribution in [2.75, 3.05) is 0 Å². The van der Waals surface area contributed by atoms with Crippen LogP contribution in [0.2, 0.25) is 0 Å². The fourth-order valence-corrected chi connectivity index (χ4v) is 1.27. The number of rotatable bonds is 2. The van der Waals surface area contributed by atoms with Gasteiger partial charge in [-0.15, -0.1) is 0 Å². The molecule has 0 atom stereocenters. The van der Waals surface area contributed by atoms with E-state index in [4.69, 9.17) is 0 Å². The molecule has 0 aromatic carbocycles. The lowest BCUT2D eigenvalue weighted by Crippen LogP contribution is -2.21. The van der Waals surface area contributed by atoms with E-state index in [0.29, 0.717) is 0 Å². The van der Waals surface area contributed by atoms with Crippen LogP contribution in [-0.2, 0) is 0 Å². The Hall–Kier alpha value is -1.24. The summed E-state index contributed by atoms with van der Waals surface area (Å²) < 4.78 is 0. The first-order valence-corrected chi connectivity index (χ1v) is 5.26. The van der Waals surface area contributed by atoms with Crippen molar-refractivity contribution in [3.05, 3.63) is 35.0 Å². The molecule has 1 heterocycles. The molecule has 0 aliphatic carbocycles. The highest BCUT2D eigenvalue weighted by Crippen LogP contribution is 1.81. The Balaban J connectivity index is 0.000000791. The molecule has 1 heteroatoms. The van der Waals surface area contributed by atoms with Gasteiger partial charge in [-0.3, -0.25) is 0 Å². The first kappa shape index (κ1) is 12.8. The maximum atomic E-state index is 3.68. The van der Waals surface area contributed by atoms with E-state index < -0.39 is 0 Å². The summed E-state index contributed by atoms with van der Waals surface area (Å²) in [7, 11) is 0. The standard InChI is InChI=1S/C11H15N.C2H6/c1-4-6-10-8-9(3)12-11(10)7-5-2;1-2/h4,6-8,12H,1,5H2,2-3H3;1-2H3/b10-6-,11-7+;. The van der Waals surface area contributed by atoms with Gasteiger partial charge in [-0.2, -0.15) is 0 Å². The first-order chi connectivity index (χ1) is 6.77. The molecule has 1 nitrogen and oxygen atoms in total. The smallest absolute Gasteiger partial charge is 0.0415 e. The molecule has 0 aliphatic rings. The van der Waals surface area contributed by atoms with Crippen LogP contribution < -0.4 is 10.6 Å². The third-order valence-corrected chi connectivity index (χ3v) is 1.72. The molecule has 0 aliphatic heterocycles. The molecule has 1 aromatic heterocycles. The van der Waals surface area contributed by atoms with Crippen molar-refractivity contribution in [2.24, 2.45) is 0 Å². The number of aromatic nitrogens is 1. The molecule has 14 heavy (non-hydrogen) atoms. The van der Waals surface area contributed by atoms with Gasteiger partial charge in [-0.05, 0) is 24.6 Å². The molecule has 0 bridgehead atoms. The van der Waals surface area contributed by atoms with Gasteiger partial charge in [0.15, 0.2) is 0 Å². The third-order valence-electron chi connectivity index (χ3n) is 1.72. The quantitative estimate of drug-likeness (QED) is 0.739. The summed E-state index contributed by atoms with van der Waals surface area (Å²) in [4.78, 5) is 3.30. The van der Waals surface area contributed by atoms with Crippen LogP contribution in [0.15, 0.2) is 18.7 Å². The highest BCUT2D eigenvalue weighted by molar-refractivity contribution is 5.37. The number of aromatic amines is 1. The Morgan fingerprint density at radius 1 is 1.43 bits per heavy atom. The summed E-state index contributed by atoms with van der Waals surface area (Å²) >= 11 is 0. The Labute approximate surface area is 86.9 Å². The van der Waals surface area contributed by atoms with Gasteiger partial charge in [-0.25, -0.2) is 0 Å². The van der Waals surface area contributed by atoms with E-state index >= 15 is 0 Å². The van der Waals surface area contributed by atoms with Crippen molar-refractivity contribution in [3.8, 4) is 0 Å². The Kier molecular flexibility index (Phi) is 6.55. The molecule has 1 rings (SSSR count). The van der Waals surface area contributed by atoms with Gasteiger partial charge in [0.1, 0.15) is 0 Å². The molecule has 1 aromatic rings. The highest BCUT2D eigenvalue weighted by Gasteiger charge is 1.87. The van der Waals surface area contributed by atoms with Gasteiger partial charge < -0.3 is 4.98 Å². The number of hydrogen-bond donors (Lipinski definition) is 1. The normalized spacial score (nSPS) is 12.3. The maximum absolute atomic E-state index is 3.68. The molecule has 0 spiro atoms. The fraction of sp³-hybridized carbons (Fsp3) is 0.385. The molecule has 0 saturated carbocycles. The average Bonchev–Trinajstić information content (AvgIpc) is 2.51. The van der Waals surface area contributed by atoms with Crippen LogP contribution >= 0.6 is 0 Å². The number of hydrogen-bond acceptors (Lipinski definition) is 0. The van der Waals surface area contributed by atoms with Gasteiger partial charge in [0, 0.05) is 11.0 Å². The SMILES string of the molecule is C=C/C=c1/cc(C)[nH]/c1=C/CC.CC. The summed E-state index contributed by atoms with van der Waals surface area (Å²) in [5.74, 6) is 0. The van der Waals surface area contributed by atoms with Crippen molar-refractivity contribution in [2.45, 2.75) is 34.1 Å². The van der Waals surface area contributed by atoms with Gasteiger partial charge in [0.25, 0.3) is 0 Å². The van der Waals surface area contributed by atoms with Gasteiger partial charge in [-0.1, -0.05) is 45.6 Å². The maximum Gasteiger partial charge on any atom is 0.0415 e. The van der Waals surface area contributed by atoms with Crippen LogP contribution in [-0.4, -0.2) is 4.98 Å². The fourth-order valence-electron chi connectivity index (χ4n) is 1.27. The Morgan fingerprint density at radius 2 is 2.07 bits per heavy atom. The van der Waals surface area contributed by atoms with E-state index in [-0.39, 0.29) is 0 Å². The van der Waals surface area contributed by atoms with Crippen molar-refractivity contribution in [1.82, 2.24) is 4.98 Å². The second kappa shape index (κ2) is 7.19. The summed E-state index contributed by atoms with van der Waals surface area (Å²) in [6, 6.07) is 2.13. The first-order valence-electron chi connectivity index (χ1n) is 5.26. The van der Waals surface area contributed by atoms with Gasteiger partial charge >= 0.3 is 0 Å². The molecule has 0 radical (unpaired) electrons. The number of nitrogens with one attached hydrogen (secondary N) is 1. The van der Waals surface area contributed by atoms with E-state index in [9.17, 15) is 0 Å². The predicted molar refractivity (Wildman–Crippen MR) is 65.5 cm³/mol. The van der Waals surface area contributed by atoms with E-state index in [1.165, 1.54) is 16.3 Å². The average molecular weight is 191 g/mol. The second-order valence-electron chi connectivity index (χ2n) is 2.84. The largest absolute Gasteiger partial charge is 0.359 e. The molecule has 0 saturated heterocycles. The lowest BCUT2D eigenvalue weighted by molar-refractivity contribution is 1.19.